The number of thiophene rings is 1. The lowest BCUT2D eigenvalue weighted by molar-refractivity contribution is 0.0702. The predicted molar refractivity (Wildman–Crippen MR) is 59.4 cm³/mol. The number of nitrogens with zero attached hydrogens (tertiary/aromatic N) is 1. The molecule has 2 N–H and O–H groups in total. The topological polar surface area (TPSA) is 52.6 Å². The Morgan fingerprint density at radius 3 is 2.80 bits per heavy atom. The highest BCUT2D eigenvalue weighted by atomic mass is 32.1. The summed E-state index contributed by atoms with van der Waals surface area (Å²) in [5, 5.41) is 12.1. The highest BCUT2D eigenvalue weighted by Crippen LogP contribution is 2.18. The van der Waals surface area contributed by atoms with Crippen LogP contribution >= 0.6 is 11.3 Å². The number of hydrogen-bond donors (Lipinski definition) is 2. The second-order valence-corrected chi connectivity index (χ2v) is 4.77. The Labute approximate surface area is 92.5 Å². The van der Waals surface area contributed by atoms with E-state index < -0.39 is 5.97 Å². The molecule has 2 rings (SSSR count). The molecule has 0 unspecified atom stereocenters. The van der Waals surface area contributed by atoms with Crippen LogP contribution in [0.4, 0.5) is 0 Å². The molecule has 5 heteroatoms. The van der Waals surface area contributed by atoms with E-state index in [0.717, 1.165) is 37.6 Å². The van der Waals surface area contributed by atoms with Crippen LogP contribution in [0.25, 0.3) is 0 Å². The van der Waals surface area contributed by atoms with E-state index in [-0.39, 0.29) is 0 Å². The lowest BCUT2D eigenvalue weighted by Gasteiger charge is -2.26. The van der Waals surface area contributed by atoms with Gasteiger partial charge >= 0.3 is 5.97 Å². The summed E-state index contributed by atoms with van der Waals surface area (Å²) in [6.45, 7) is 5.01. The highest BCUT2D eigenvalue weighted by Gasteiger charge is 2.12. The summed E-state index contributed by atoms with van der Waals surface area (Å²) >= 11 is 1.37. The first-order valence-corrected chi connectivity index (χ1v) is 5.82. The molecule has 0 aliphatic carbocycles. The Hall–Kier alpha value is -0.910. The van der Waals surface area contributed by atoms with Crippen LogP contribution in [0.15, 0.2) is 12.1 Å². The van der Waals surface area contributed by atoms with Gasteiger partial charge in [0.15, 0.2) is 0 Å². The van der Waals surface area contributed by atoms with E-state index >= 15 is 0 Å². The van der Waals surface area contributed by atoms with Gasteiger partial charge in [-0.3, -0.25) is 4.90 Å². The van der Waals surface area contributed by atoms with Gasteiger partial charge in [-0.1, -0.05) is 0 Å². The van der Waals surface area contributed by atoms with Crippen LogP contribution in [0.3, 0.4) is 0 Å². The molecule has 0 saturated carbocycles. The third kappa shape index (κ3) is 2.77. The number of hydrogen-bond acceptors (Lipinski definition) is 4. The molecule has 1 aromatic rings. The largest absolute Gasteiger partial charge is 0.477 e. The van der Waals surface area contributed by atoms with Crippen molar-refractivity contribution in [1.82, 2.24) is 10.2 Å². The van der Waals surface area contributed by atoms with Gasteiger partial charge in [0.25, 0.3) is 0 Å². The van der Waals surface area contributed by atoms with E-state index in [9.17, 15) is 4.79 Å². The second-order valence-electron chi connectivity index (χ2n) is 3.60. The minimum absolute atomic E-state index is 0.431. The molecule has 4 nitrogen and oxygen atoms in total. The van der Waals surface area contributed by atoms with Gasteiger partial charge in [0.1, 0.15) is 4.88 Å². The molecular weight excluding hydrogens is 212 g/mol. The second kappa shape index (κ2) is 4.74. The van der Waals surface area contributed by atoms with Crippen LogP contribution < -0.4 is 5.32 Å². The first-order chi connectivity index (χ1) is 7.25. The summed E-state index contributed by atoms with van der Waals surface area (Å²) in [5.41, 5.74) is 0. The maximum atomic E-state index is 10.7. The maximum absolute atomic E-state index is 10.7. The smallest absolute Gasteiger partial charge is 0.345 e. The van der Waals surface area contributed by atoms with Crippen molar-refractivity contribution in [3.05, 3.63) is 21.9 Å². The number of aromatic carboxylic acids is 1. The molecule has 1 aliphatic heterocycles. The Morgan fingerprint density at radius 2 is 2.20 bits per heavy atom. The standard InChI is InChI=1S/C10H14N2O2S/c13-10(14)9-2-1-8(15-9)7-12-5-3-11-4-6-12/h1-2,11H,3-7H2,(H,13,14). The van der Waals surface area contributed by atoms with Crippen molar-refractivity contribution in [2.45, 2.75) is 6.54 Å². The molecule has 0 atom stereocenters. The zero-order valence-corrected chi connectivity index (χ0v) is 9.22. The lowest BCUT2D eigenvalue weighted by Crippen LogP contribution is -2.42. The van der Waals surface area contributed by atoms with E-state index in [1.807, 2.05) is 6.07 Å². The van der Waals surface area contributed by atoms with Crippen molar-refractivity contribution >= 4 is 17.3 Å². The molecule has 0 spiro atoms. The molecule has 0 aromatic carbocycles. The Bertz CT molecular complexity index is 345. The number of nitrogens with one attached hydrogen (secondary N) is 1. The third-order valence-corrected chi connectivity index (χ3v) is 3.52. The van der Waals surface area contributed by atoms with Crippen LogP contribution in [0.5, 0.6) is 0 Å². The summed E-state index contributed by atoms with van der Waals surface area (Å²) in [6, 6.07) is 3.60. The van der Waals surface area contributed by atoms with Crippen molar-refractivity contribution in [2.24, 2.45) is 0 Å². The molecule has 1 aliphatic rings. The van der Waals surface area contributed by atoms with Crippen LogP contribution in [-0.2, 0) is 6.54 Å². The third-order valence-electron chi connectivity index (χ3n) is 2.46. The molecule has 1 fully saturated rings. The summed E-state index contributed by atoms with van der Waals surface area (Å²) in [4.78, 5) is 14.6. The predicted octanol–water partition coefficient (Wildman–Crippen LogP) is 0.852. The van der Waals surface area contributed by atoms with Crippen LogP contribution in [0.2, 0.25) is 0 Å². The van der Waals surface area contributed by atoms with Crippen molar-refractivity contribution < 1.29 is 9.90 Å². The van der Waals surface area contributed by atoms with E-state index in [1.165, 1.54) is 11.3 Å². The molecule has 2 heterocycles. The van der Waals surface area contributed by atoms with E-state index in [4.69, 9.17) is 5.11 Å². The number of carbonyl (C=O) groups is 1. The van der Waals surface area contributed by atoms with Crippen LogP contribution in [0, 0.1) is 0 Å². The van der Waals surface area contributed by atoms with E-state index in [2.05, 4.69) is 10.2 Å². The fraction of sp³-hybridized carbons (Fsp3) is 0.500. The maximum Gasteiger partial charge on any atom is 0.345 e. The van der Waals surface area contributed by atoms with Crippen molar-refractivity contribution in [2.75, 3.05) is 26.2 Å². The van der Waals surface area contributed by atoms with Crippen molar-refractivity contribution in [1.29, 1.82) is 0 Å². The quantitative estimate of drug-likeness (QED) is 0.802. The molecule has 82 valence electrons. The first kappa shape index (κ1) is 10.6. The molecule has 15 heavy (non-hydrogen) atoms. The number of piperazine rings is 1. The average molecular weight is 226 g/mol. The van der Waals surface area contributed by atoms with Gasteiger partial charge in [-0.25, -0.2) is 4.79 Å². The van der Waals surface area contributed by atoms with Gasteiger partial charge in [0.2, 0.25) is 0 Å². The normalized spacial score (nSPS) is 17.9. The Kier molecular flexibility index (Phi) is 3.35. The zero-order chi connectivity index (χ0) is 10.7. The average Bonchev–Trinajstić information content (AvgIpc) is 2.68. The van der Waals surface area contributed by atoms with Gasteiger partial charge in [0, 0.05) is 37.6 Å². The SMILES string of the molecule is O=C(O)c1ccc(CN2CCNCC2)s1. The summed E-state index contributed by atoms with van der Waals surface area (Å²) < 4.78 is 0. The van der Waals surface area contributed by atoms with E-state index in [1.54, 1.807) is 6.07 Å². The lowest BCUT2D eigenvalue weighted by atomic mass is 10.3. The zero-order valence-electron chi connectivity index (χ0n) is 8.40. The summed E-state index contributed by atoms with van der Waals surface area (Å²) in [7, 11) is 0. The molecule has 1 aromatic heterocycles. The molecule has 0 bridgehead atoms. The van der Waals surface area contributed by atoms with Gasteiger partial charge in [-0.15, -0.1) is 11.3 Å². The minimum Gasteiger partial charge on any atom is -0.477 e. The van der Waals surface area contributed by atoms with E-state index in [0.29, 0.717) is 4.88 Å². The molecule has 1 saturated heterocycles. The van der Waals surface area contributed by atoms with Crippen LogP contribution in [0.1, 0.15) is 14.5 Å². The molecular formula is C10H14N2O2S. The van der Waals surface area contributed by atoms with Gasteiger partial charge in [-0.05, 0) is 12.1 Å². The van der Waals surface area contributed by atoms with Gasteiger partial charge in [-0.2, -0.15) is 0 Å². The fourth-order valence-corrected chi connectivity index (χ4v) is 2.56. The number of rotatable bonds is 3. The fourth-order valence-electron chi connectivity index (χ4n) is 1.67. The summed E-state index contributed by atoms with van der Waals surface area (Å²) in [6.07, 6.45) is 0. The molecule has 0 radical (unpaired) electrons. The van der Waals surface area contributed by atoms with Crippen molar-refractivity contribution in [3.8, 4) is 0 Å². The first-order valence-electron chi connectivity index (χ1n) is 5.01. The molecule has 0 amide bonds. The Morgan fingerprint density at radius 1 is 1.47 bits per heavy atom. The minimum atomic E-state index is -0.827. The highest BCUT2D eigenvalue weighted by molar-refractivity contribution is 7.13. The number of carboxylic acids is 1. The summed E-state index contributed by atoms with van der Waals surface area (Å²) in [5.74, 6) is -0.827. The van der Waals surface area contributed by atoms with Gasteiger partial charge in [0.05, 0.1) is 0 Å². The van der Waals surface area contributed by atoms with Gasteiger partial charge < -0.3 is 10.4 Å². The Balaban J connectivity index is 1.94. The van der Waals surface area contributed by atoms with Crippen molar-refractivity contribution in [3.63, 3.8) is 0 Å². The number of carboxylic acid groups (broad SMARTS) is 1. The van der Waals surface area contributed by atoms with Crippen LogP contribution in [-0.4, -0.2) is 42.2 Å². The monoisotopic (exact) mass is 226 g/mol.